The molecule has 1 aromatic rings. The predicted octanol–water partition coefficient (Wildman–Crippen LogP) is 7.17. The molecule has 1 heteroatoms. The Labute approximate surface area is 148 Å². The molecule has 3 rings (SSSR count). The number of aryl methyl sites for hydroxylation is 1. The summed E-state index contributed by atoms with van der Waals surface area (Å²) in [6, 6.07) is 7.31. The molecule has 0 heterocycles. The Morgan fingerprint density at radius 3 is 1.88 bits per heavy atom. The lowest BCUT2D eigenvalue weighted by Crippen LogP contribution is -2.26. The summed E-state index contributed by atoms with van der Waals surface area (Å²) in [5.74, 6) is 3.86. The van der Waals surface area contributed by atoms with Crippen molar-refractivity contribution < 1.29 is 4.39 Å². The topological polar surface area (TPSA) is 0 Å². The van der Waals surface area contributed by atoms with Gasteiger partial charge in [-0.25, -0.2) is 4.39 Å². The highest BCUT2D eigenvalue weighted by molar-refractivity contribution is 5.17. The summed E-state index contributed by atoms with van der Waals surface area (Å²) in [6.07, 6.45) is 16.5. The summed E-state index contributed by atoms with van der Waals surface area (Å²) in [7, 11) is 0. The first kappa shape index (κ1) is 18.0. The van der Waals surface area contributed by atoms with Crippen LogP contribution in [0.5, 0.6) is 0 Å². The van der Waals surface area contributed by atoms with Crippen molar-refractivity contribution >= 4 is 0 Å². The van der Waals surface area contributed by atoms with Crippen molar-refractivity contribution in [3.63, 3.8) is 0 Å². The highest BCUT2D eigenvalue weighted by Gasteiger charge is 2.30. The SMILES string of the molecule is CCCC1CCC(C2CCC(CCc3ccccc3F)CC2)CC1. The van der Waals surface area contributed by atoms with Crippen molar-refractivity contribution in [1.82, 2.24) is 0 Å². The van der Waals surface area contributed by atoms with Crippen molar-refractivity contribution in [1.29, 1.82) is 0 Å². The normalized spacial score (nSPS) is 31.1. The van der Waals surface area contributed by atoms with Crippen LogP contribution in [0.4, 0.5) is 4.39 Å². The van der Waals surface area contributed by atoms with Gasteiger partial charge in [0.2, 0.25) is 0 Å². The molecule has 134 valence electrons. The summed E-state index contributed by atoms with van der Waals surface area (Å²) >= 11 is 0. The summed E-state index contributed by atoms with van der Waals surface area (Å²) in [4.78, 5) is 0. The second-order valence-corrected chi connectivity index (χ2v) is 8.48. The van der Waals surface area contributed by atoms with Gasteiger partial charge in [-0.1, -0.05) is 63.6 Å². The van der Waals surface area contributed by atoms with Crippen LogP contribution in [0.1, 0.15) is 83.1 Å². The van der Waals surface area contributed by atoms with E-state index >= 15 is 0 Å². The largest absolute Gasteiger partial charge is 0.207 e. The van der Waals surface area contributed by atoms with Crippen LogP contribution < -0.4 is 0 Å². The Bertz CT molecular complexity index is 479. The van der Waals surface area contributed by atoms with Gasteiger partial charge in [0.25, 0.3) is 0 Å². The fourth-order valence-corrected chi connectivity index (χ4v) is 5.37. The second kappa shape index (κ2) is 9.02. The highest BCUT2D eigenvalue weighted by Crippen LogP contribution is 2.42. The number of halogens is 1. The lowest BCUT2D eigenvalue weighted by atomic mass is 9.68. The number of hydrogen-bond acceptors (Lipinski definition) is 0. The van der Waals surface area contributed by atoms with Crippen molar-refractivity contribution in [2.45, 2.75) is 84.0 Å². The predicted molar refractivity (Wildman–Crippen MR) is 101 cm³/mol. The van der Waals surface area contributed by atoms with Crippen LogP contribution in [-0.4, -0.2) is 0 Å². The molecule has 2 aliphatic carbocycles. The Morgan fingerprint density at radius 1 is 0.792 bits per heavy atom. The fraction of sp³-hybridized carbons (Fsp3) is 0.739. The molecule has 0 amide bonds. The minimum Gasteiger partial charge on any atom is -0.207 e. The van der Waals surface area contributed by atoms with Gasteiger partial charge < -0.3 is 0 Å². The molecule has 0 nitrogen and oxygen atoms in total. The maximum atomic E-state index is 13.7. The minimum atomic E-state index is -0.0185. The molecule has 0 aromatic heterocycles. The number of benzene rings is 1. The average molecular weight is 331 g/mol. The molecule has 0 N–H and O–H groups in total. The molecule has 1 aromatic carbocycles. The first-order valence-electron chi connectivity index (χ1n) is 10.5. The van der Waals surface area contributed by atoms with Gasteiger partial charge in [-0.15, -0.1) is 0 Å². The van der Waals surface area contributed by atoms with Gasteiger partial charge in [-0.05, 0) is 73.8 Å². The zero-order valence-electron chi connectivity index (χ0n) is 15.5. The molecule has 0 bridgehead atoms. The lowest BCUT2D eigenvalue weighted by molar-refractivity contribution is 0.141. The molecule has 2 aliphatic rings. The smallest absolute Gasteiger partial charge is 0.126 e. The zero-order valence-corrected chi connectivity index (χ0v) is 15.5. The third-order valence-electron chi connectivity index (χ3n) is 6.93. The third-order valence-corrected chi connectivity index (χ3v) is 6.93. The Morgan fingerprint density at radius 2 is 1.33 bits per heavy atom. The van der Waals surface area contributed by atoms with E-state index in [1.807, 2.05) is 12.1 Å². The van der Waals surface area contributed by atoms with Gasteiger partial charge in [-0.3, -0.25) is 0 Å². The first-order valence-corrected chi connectivity index (χ1v) is 10.5. The van der Waals surface area contributed by atoms with E-state index in [4.69, 9.17) is 0 Å². The van der Waals surface area contributed by atoms with E-state index in [-0.39, 0.29) is 5.82 Å². The summed E-state index contributed by atoms with van der Waals surface area (Å²) < 4.78 is 13.7. The van der Waals surface area contributed by atoms with E-state index in [1.165, 1.54) is 70.6 Å². The Hall–Kier alpha value is -0.850. The molecule has 24 heavy (non-hydrogen) atoms. The molecule has 0 aliphatic heterocycles. The molecule has 2 saturated carbocycles. The molecule has 0 spiro atoms. The maximum absolute atomic E-state index is 13.7. The maximum Gasteiger partial charge on any atom is 0.126 e. The van der Waals surface area contributed by atoms with Crippen LogP contribution in [0.3, 0.4) is 0 Å². The third kappa shape index (κ3) is 4.83. The second-order valence-electron chi connectivity index (χ2n) is 8.48. The molecule has 0 saturated heterocycles. The minimum absolute atomic E-state index is 0.0185. The summed E-state index contributed by atoms with van der Waals surface area (Å²) in [5.41, 5.74) is 0.911. The van der Waals surface area contributed by atoms with Gasteiger partial charge >= 0.3 is 0 Å². The van der Waals surface area contributed by atoms with Crippen molar-refractivity contribution in [2.24, 2.45) is 23.7 Å². The van der Waals surface area contributed by atoms with Gasteiger partial charge in [-0.2, -0.15) is 0 Å². The summed E-state index contributed by atoms with van der Waals surface area (Å²) in [6.45, 7) is 2.33. The van der Waals surface area contributed by atoms with Crippen LogP contribution in [-0.2, 0) is 6.42 Å². The monoisotopic (exact) mass is 330 g/mol. The first-order chi connectivity index (χ1) is 11.8. The summed E-state index contributed by atoms with van der Waals surface area (Å²) in [5, 5.41) is 0. The van der Waals surface area contributed by atoms with Crippen molar-refractivity contribution in [3.8, 4) is 0 Å². The molecule has 2 fully saturated rings. The molecular formula is C23H35F. The van der Waals surface area contributed by atoms with Crippen molar-refractivity contribution in [3.05, 3.63) is 35.6 Å². The average Bonchev–Trinajstić information content (AvgIpc) is 2.63. The van der Waals surface area contributed by atoms with E-state index in [1.54, 1.807) is 12.1 Å². The van der Waals surface area contributed by atoms with Crippen LogP contribution in [0.25, 0.3) is 0 Å². The number of rotatable bonds is 6. The van der Waals surface area contributed by atoms with Gasteiger partial charge in [0.05, 0.1) is 0 Å². The molecular weight excluding hydrogens is 295 g/mol. The highest BCUT2D eigenvalue weighted by atomic mass is 19.1. The zero-order chi connectivity index (χ0) is 16.8. The van der Waals surface area contributed by atoms with Crippen molar-refractivity contribution in [2.75, 3.05) is 0 Å². The lowest BCUT2D eigenvalue weighted by Gasteiger charge is -2.38. The van der Waals surface area contributed by atoms with E-state index in [9.17, 15) is 4.39 Å². The van der Waals surface area contributed by atoms with E-state index in [2.05, 4.69) is 6.92 Å². The fourth-order valence-electron chi connectivity index (χ4n) is 5.37. The van der Waals surface area contributed by atoms with Crippen LogP contribution in [0.15, 0.2) is 24.3 Å². The van der Waals surface area contributed by atoms with E-state index in [0.717, 1.165) is 35.7 Å². The molecule has 0 atom stereocenters. The van der Waals surface area contributed by atoms with Gasteiger partial charge in [0.1, 0.15) is 5.82 Å². The van der Waals surface area contributed by atoms with Crippen LogP contribution in [0.2, 0.25) is 0 Å². The Balaban J connectivity index is 1.38. The Kier molecular flexibility index (Phi) is 6.75. The standard InChI is InChI=1S/C23H35F/c1-2-5-18-8-13-20(14-9-18)21-15-10-19(11-16-21)12-17-22-6-3-4-7-23(22)24/h3-4,6-7,18-21H,2,5,8-17H2,1H3. The van der Waals surface area contributed by atoms with Crippen LogP contribution in [0, 0.1) is 29.5 Å². The van der Waals surface area contributed by atoms with E-state index < -0.39 is 0 Å². The van der Waals surface area contributed by atoms with E-state index in [0.29, 0.717) is 0 Å². The van der Waals surface area contributed by atoms with Crippen LogP contribution >= 0.6 is 0 Å². The quantitative estimate of drug-likeness (QED) is 0.518. The van der Waals surface area contributed by atoms with Gasteiger partial charge in [0.15, 0.2) is 0 Å². The van der Waals surface area contributed by atoms with Gasteiger partial charge in [0, 0.05) is 0 Å². The molecule has 0 unspecified atom stereocenters. The number of hydrogen-bond donors (Lipinski definition) is 0. The molecule has 0 radical (unpaired) electrons.